The highest BCUT2D eigenvalue weighted by Crippen LogP contribution is 2.22. The maximum Gasteiger partial charge on any atom is 0.260 e. The number of alkyl halides is 3. The molecule has 1 N–H and O–H groups in total. The van der Waals surface area contributed by atoms with E-state index in [0.29, 0.717) is 4.90 Å². The molecule has 0 bridgehead atoms. The van der Waals surface area contributed by atoms with Crippen molar-refractivity contribution < 1.29 is 23.1 Å². The smallest absolute Gasteiger partial charge is 0.260 e. The molecule has 0 aromatic heterocycles. The second-order valence-electron chi connectivity index (χ2n) is 3.47. The number of nitrogens with zero attached hydrogens (tertiary/aromatic N) is 1. The highest BCUT2D eigenvalue weighted by Gasteiger charge is 2.24. The second kappa shape index (κ2) is 6.49. The van der Waals surface area contributed by atoms with Crippen molar-refractivity contribution in [3.63, 3.8) is 0 Å². The third kappa shape index (κ3) is 3.53. The van der Waals surface area contributed by atoms with Crippen molar-refractivity contribution in [3.05, 3.63) is 29.6 Å². The predicted octanol–water partition coefficient (Wildman–Crippen LogP) is 2.48. The van der Waals surface area contributed by atoms with Gasteiger partial charge in [0.1, 0.15) is 17.1 Å². The zero-order valence-corrected chi connectivity index (χ0v) is 10.0. The summed E-state index contributed by atoms with van der Waals surface area (Å²) in [5.74, 6) is -2.62. The SMILES string of the molecule is O=C(c1c(O)cccc1F)N(CCCl)CC(F)F. The maximum absolute atomic E-state index is 13.4. The van der Waals surface area contributed by atoms with Crippen molar-refractivity contribution in [2.24, 2.45) is 0 Å². The first-order valence-corrected chi connectivity index (χ1v) is 5.61. The lowest BCUT2D eigenvalue weighted by atomic mass is 10.1. The molecule has 1 rings (SSSR count). The van der Waals surface area contributed by atoms with Gasteiger partial charge >= 0.3 is 0 Å². The molecule has 0 radical (unpaired) electrons. The number of halogens is 4. The average Bonchev–Trinajstić information content (AvgIpc) is 2.27. The predicted molar refractivity (Wildman–Crippen MR) is 60.7 cm³/mol. The average molecular weight is 282 g/mol. The van der Waals surface area contributed by atoms with E-state index in [1.54, 1.807) is 0 Å². The molecule has 0 saturated heterocycles. The van der Waals surface area contributed by atoms with Gasteiger partial charge in [-0.2, -0.15) is 0 Å². The van der Waals surface area contributed by atoms with Gasteiger partial charge in [0.2, 0.25) is 0 Å². The van der Waals surface area contributed by atoms with Gasteiger partial charge in [-0.05, 0) is 12.1 Å². The summed E-state index contributed by atoms with van der Waals surface area (Å²) in [5, 5.41) is 9.41. The number of benzene rings is 1. The van der Waals surface area contributed by atoms with Gasteiger partial charge in [-0.3, -0.25) is 4.79 Å². The minimum absolute atomic E-state index is 0.0618. The first-order valence-electron chi connectivity index (χ1n) is 5.08. The van der Waals surface area contributed by atoms with Gasteiger partial charge in [-0.15, -0.1) is 11.6 Å². The molecular weight excluding hydrogens is 271 g/mol. The zero-order chi connectivity index (χ0) is 13.7. The van der Waals surface area contributed by atoms with Gasteiger partial charge in [-0.25, -0.2) is 13.2 Å². The third-order valence-electron chi connectivity index (χ3n) is 2.21. The summed E-state index contributed by atoms with van der Waals surface area (Å²) in [6.45, 7) is -1.02. The van der Waals surface area contributed by atoms with E-state index in [1.807, 2.05) is 0 Å². The van der Waals surface area contributed by atoms with E-state index in [0.717, 1.165) is 12.1 Å². The van der Waals surface area contributed by atoms with E-state index >= 15 is 0 Å². The van der Waals surface area contributed by atoms with Crippen LogP contribution >= 0.6 is 11.6 Å². The fourth-order valence-corrected chi connectivity index (χ4v) is 1.63. The highest BCUT2D eigenvalue weighted by atomic mass is 35.5. The number of rotatable bonds is 5. The van der Waals surface area contributed by atoms with Crippen LogP contribution in [0.15, 0.2) is 18.2 Å². The fourth-order valence-electron chi connectivity index (χ4n) is 1.43. The molecule has 0 spiro atoms. The van der Waals surface area contributed by atoms with Crippen LogP contribution in [-0.2, 0) is 0 Å². The minimum Gasteiger partial charge on any atom is -0.507 e. The van der Waals surface area contributed by atoms with Crippen LogP contribution in [0.1, 0.15) is 10.4 Å². The van der Waals surface area contributed by atoms with Crippen LogP contribution in [0.5, 0.6) is 5.75 Å². The number of carbonyl (C=O) groups excluding carboxylic acids is 1. The van der Waals surface area contributed by atoms with Gasteiger partial charge in [0.15, 0.2) is 0 Å². The van der Waals surface area contributed by atoms with Gasteiger partial charge in [-0.1, -0.05) is 6.07 Å². The Morgan fingerprint density at radius 2 is 2.11 bits per heavy atom. The lowest BCUT2D eigenvalue weighted by Gasteiger charge is -2.21. The zero-order valence-electron chi connectivity index (χ0n) is 9.25. The summed E-state index contributed by atoms with van der Waals surface area (Å²) in [6, 6.07) is 3.28. The fraction of sp³-hybridized carbons (Fsp3) is 0.364. The second-order valence-corrected chi connectivity index (χ2v) is 3.84. The topological polar surface area (TPSA) is 40.5 Å². The monoisotopic (exact) mass is 281 g/mol. The van der Waals surface area contributed by atoms with Crippen molar-refractivity contribution in [3.8, 4) is 5.75 Å². The first kappa shape index (κ1) is 14.6. The van der Waals surface area contributed by atoms with Crippen molar-refractivity contribution in [1.82, 2.24) is 4.90 Å². The molecule has 0 atom stereocenters. The van der Waals surface area contributed by atoms with Crippen LogP contribution in [0.2, 0.25) is 0 Å². The van der Waals surface area contributed by atoms with Crippen molar-refractivity contribution >= 4 is 17.5 Å². The number of aromatic hydroxyl groups is 1. The Bertz CT molecular complexity index is 408. The quantitative estimate of drug-likeness (QED) is 0.843. The lowest BCUT2D eigenvalue weighted by Crippen LogP contribution is -2.37. The molecular formula is C11H11ClF3NO2. The lowest BCUT2D eigenvalue weighted by molar-refractivity contribution is 0.0564. The highest BCUT2D eigenvalue weighted by molar-refractivity contribution is 6.18. The number of hydrogen-bond acceptors (Lipinski definition) is 2. The number of hydrogen-bond donors (Lipinski definition) is 1. The number of carbonyl (C=O) groups is 1. The van der Waals surface area contributed by atoms with Gasteiger partial charge < -0.3 is 10.0 Å². The molecule has 0 unspecified atom stereocenters. The first-order chi connectivity index (χ1) is 8.47. The van der Waals surface area contributed by atoms with Crippen molar-refractivity contribution in [1.29, 1.82) is 0 Å². The van der Waals surface area contributed by atoms with Crippen LogP contribution < -0.4 is 0 Å². The maximum atomic E-state index is 13.4. The van der Waals surface area contributed by atoms with Gasteiger partial charge in [0.25, 0.3) is 12.3 Å². The van der Waals surface area contributed by atoms with Crippen LogP contribution in [0, 0.1) is 5.82 Å². The Balaban J connectivity index is 3.01. The van der Waals surface area contributed by atoms with Crippen LogP contribution in [0.3, 0.4) is 0 Å². The minimum atomic E-state index is -2.76. The Morgan fingerprint density at radius 1 is 1.44 bits per heavy atom. The summed E-state index contributed by atoms with van der Waals surface area (Å²) >= 11 is 5.40. The van der Waals surface area contributed by atoms with Crippen molar-refractivity contribution in [2.75, 3.05) is 19.0 Å². The normalized spacial score (nSPS) is 10.7. The van der Waals surface area contributed by atoms with Crippen LogP contribution in [0.4, 0.5) is 13.2 Å². The molecule has 0 aliphatic heterocycles. The standard InChI is InChI=1S/C11H11ClF3NO2/c12-4-5-16(6-9(14)15)11(18)10-7(13)2-1-3-8(10)17/h1-3,9,17H,4-6H2. The molecule has 100 valence electrons. The van der Waals surface area contributed by atoms with Gasteiger partial charge in [0, 0.05) is 12.4 Å². The third-order valence-corrected chi connectivity index (χ3v) is 2.37. The molecule has 0 saturated carbocycles. The summed E-state index contributed by atoms with van der Waals surface area (Å²) in [4.78, 5) is 12.6. The van der Waals surface area contributed by atoms with E-state index in [4.69, 9.17) is 11.6 Å². The summed E-state index contributed by atoms with van der Waals surface area (Å²) in [7, 11) is 0. The van der Waals surface area contributed by atoms with E-state index in [1.165, 1.54) is 6.07 Å². The molecule has 1 amide bonds. The van der Waals surface area contributed by atoms with Crippen LogP contribution in [-0.4, -0.2) is 41.3 Å². The molecule has 1 aromatic rings. The van der Waals surface area contributed by atoms with Gasteiger partial charge in [0.05, 0.1) is 6.54 Å². The molecule has 0 aliphatic rings. The van der Waals surface area contributed by atoms with Crippen LogP contribution in [0.25, 0.3) is 0 Å². The number of phenols is 1. The summed E-state index contributed by atoms with van der Waals surface area (Å²) in [5.41, 5.74) is -0.622. The molecule has 1 aromatic carbocycles. The molecule has 7 heteroatoms. The number of amides is 1. The summed E-state index contributed by atoms with van der Waals surface area (Å²) < 4.78 is 38.0. The largest absolute Gasteiger partial charge is 0.507 e. The van der Waals surface area contributed by atoms with E-state index in [9.17, 15) is 23.1 Å². The Kier molecular flexibility index (Phi) is 5.27. The molecule has 3 nitrogen and oxygen atoms in total. The Labute approximate surface area is 107 Å². The Morgan fingerprint density at radius 3 is 2.61 bits per heavy atom. The van der Waals surface area contributed by atoms with Crippen molar-refractivity contribution in [2.45, 2.75) is 6.43 Å². The number of phenolic OH excluding ortho intramolecular Hbond substituents is 1. The van der Waals surface area contributed by atoms with E-state index in [2.05, 4.69) is 0 Å². The molecule has 0 fully saturated rings. The van der Waals surface area contributed by atoms with E-state index in [-0.39, 0.29) is 12.4 Å². The molecule has 18 heavy (non-hydrogen) atoms. The summed E-state index contributed by atoms with van der Waals surface area (Å²) in [6.07, 6.45) is -2.76. The molecule has 0 aliphatic carbocycles. The Hall–Kier alpha value is -1.43. The molecule has 0 heterocycles. The van der Waals surface area contributed by atoms with E-state index < -0.39 is 36.0 Å².